The molecule has 0 radical (unpaired) electrons. The molecule has 2 N–H and O–H groups in total. The van der Waals surface area contributed by atoms with Gasteiger partial charge in [0, 0.05) is 18.9 Å². The summed E-state index contributed by atoms with van der Waals surface area (Å²) in [7, 11) is 0. The number of rotatable bonds is 5. The quantitative estimate of drug-likeness (QED) is 0.836. The monoisotopic (exact) mass is 345 g/mol. The number of pyridine rings is 1. The maximum Gasteiger partial charge on any atom is 0.266 e. The summed E-state index contributed by atoms with van der Waals surface area (Å²) in [5.74, 6) is 0.312. The molecule has 7 heteroatoms. The highest BCUT2D eigenvalue weighted by molar-refractivity contribution is 5.95. The molecule has 2 aliphatic rings. The number of hydrogen-bond donors (Lipinski definition) is 2. The van der Waals surface area contributed by atoms with E-state index in [0.717, 1.165) is 0 Å². The fourth-order valence-corrected chi connectivity index (χ4v) is 3.15. The van der Waals surface area contributed by atoms with E-state index < -0.39 is 5.56 Å². The van der Waals surface area contributed by atoms with Gasteiger partial charge in [-0.15, -0.1) is 0 Å². The largest absolute Gasteiger partial charge is 0.379 e. The third kappa shape index (κ3) is 4.09. The highest BCUT2D eigenvalue weighted by Gasteiger charge is 2.30. The molecule has 7 nitrogen and oxygen atoms in total. The molecule has 0 spiro atoms. The average Bonchev–Trinajstić information content (AvgIpc) is 2.55. The number of H-pyrrole nitrogens is 1. The molecule has 0 bridgehead atoms. The van der Waals surface area contributed by atoms with Crippen molar-refractivity contribution in [1.82, 2.24) is 10.3 Å². The Morgan fingerprint density at radius 1 is 1.48 bits per heavy atom. The number of hydrogen-bond acceptors (Lipinski definition) is 5. The molecule has 1 amide bonds. The number of ether oxygens (including phenoxy) is 2. The molecule has 25 heavy (non-hydrogen) atoms. The van der Waals surface area contributed by atoms with Crippen LogP contribution in [0.5, 0.6) is 0 Å². The number of aryl methyl sites for hydroxylation is 1. The van der Waals surface area contributed by atoms with Gasteiger partial charge in [-0.05, 0) is 38.2 Å². The Morgan fingerprint density at radius 2 is 2.28 bits per heavy atom. The second kappa shape index (κ2) is 7.81. The van der Waals surface area contributed by atoms with E-state index >= 15 is 0 Å². The molecule has 134 valence electrons. The van der Waals surface area contributed by atoms with E-state index in [2.05, 4.69) is 10.3 Å². The lowest BCUT2D eigenvalue weighted by Gasteiger charge is -2.34. The van der Waals surface area contributed by atoms with Gasteiger partial charge in [-0.3, -0.25) is 9.59 Å². The number of nitriles is 1. The first-order chi connectivity index (χ1) is 12.1. The number of nitrogens with zero attached hydrogens (tertiary/aromatic N) is 1. The Bertz CT molecular complexity index is 733. The van der Waals surface area contributed by atoms with Crippen molar-refractivity contribution in [2.24, 2.45) is 5.92 Å². The van der Waals surface area contributed by atoms with E-state index in [1.807, 2.05) is 6.07 Å². The summed E-state index contributed by atoms with van der Waals surface area (Å²) >= 11 is 0. The van der Waals surface area contributed by atoms with Crippen LogP contribution < -0.4 is 10.9 Å². The van der Waals surface area contributed by atoms with Gasteiger partial charge in [-0.1, -0.05) is 6.42 Å². The minimum absolute atomic E-state index is 0.0690. The zero-order valence-corrected chi connectivity index (χ0v) is 14.3. The predicted molar refractivity (Wildman–Crippen MR) is 90.3 cm³/mol. The molecule has 1 aliphatic heterocycles. The standard InChI is InChI=1S/C18H23N3O4/c1-11-14(7-13(8-19)17(22)20-11)18(23)21-15-5-6-24-10-16(15)25-9-12-3-2-4-12/h7,12,15-16H,2-6,9-10H2,1H3,(H,20,22)(H,21,23)/t15-,16-/m0/s1. The normalized spacial score (nSPS) is 23.5. The number of carbonyl (C=O) groups excluding carboxylic acids is 1. The summed E-state index contributed by atoms with van der Waals surface area (Å²) in [6.45, 7) is 3.39. The van der Waals surface area contributed by atoms with E-state index in [0.29, 0.717) is 43.4 Å². The van der Waals surface area contributed by atoms with Gasteiger partial charge in [0.25, 0.3) is 11.5 Å². The molecule has 0 aromatic carbocycles. The van der Waals surface area contributed by atoms with Crippen molar-refractivity contribution < 1.29 is 14.3 Å². The summed E-state index contributed by atoms with van der Waals surface area (Å²) in [6.07, 6.45) is 4.18. The molecular formula is C18H23N3O4. The van der Waals surface area contributed by atoms with E-state index in [-0.39, 0.29) is 23.6 Å². The molecule has 0 unspecified atom stereocenters. The summed E-state index contributed by atoms with van der Waals surface area (Å²) in [5.41, 5.74) is 0.200. The topological polar surface area (TPSA) is 104 Å². The number of aromatic amines is 1. The lowest BCUT2D eigenvalue weighted by atomic mass is 9.86. The van der Waals surface area contributed by atoms with Crippen molar-refractivity contribution in [1.29, 1.82) is 5.26 Å². The number of carbonyl (C=O) groups is 1. The SMILES string of the molecule is Cc1[nH]c(=O)c(C#N)cc1C(=O)N[C@H]1CCOC[C@@H]1OCC1CCC1. The zero-order valence-electron chi connectivity index (χ0n) is 14.3. The van der Waals surface area contributed by atoms with Crippen LogP contribution in [0.1, 0.15) is 47.3 Å². The van der Waals surface area contributed by atoms with Crippen molar-refractivity contribution in [3.63, 3.8) is 0 Å². The van der Waals surface area contributed by atoms with Crippen molar-refractivity contribution in [3.8, 4) is 6.07 Å². The lowest BCUT2D eigenvalue weighted by molar-refractivity contribution is -0.0819. The van der Waals surface area contributed by atoms with Crippen molar-refractivity contribution in [2.75, 3.05) is 19.8 Å². The molecule has 1 aromatic heterocycles. The van der Waals surface area contributed by atoms with Crippen LogP contribution in [0.3, 0.4) is 0 Å². The molecule has 2 atom stereocenters. The van der Waals surface area contributed by atoms with E-state index in [1.54, 1.807) is 6.92 Å². The maximum atomic E-state index is 12.6. The summed E-state index contributed by atoms with van der Waals surface area (Å²) < 4.78 is 11.5. The first-order valence-electron chi connectivity index (χ1n) is 8.72. The second-order valence-electron chi connectivity index (χ2n) is 6.77. The van der Waals surface area contributed by atoms with Gasteiger partial charge >= 0.3 is 0 Å². The van der Waals surface area contributed by atoms with Gasteiger partial charge in [0.1, 0.15) is 17.7 Å². The van der Waals surface area contributed by atoms with Crippen molar-refractivity contribution in [3.05, 3.63) is 33.2 Å². The summed E-state index contributed by atoms with van der Waals surface area (Å²) in [4.78, 5) is 26.8. The fourth-order valence-electron chi connectivity index (χ4n) is 3.15. The number of amides is 1. The van der Waals surface area contributed by atoms with Crippen LogP contribution in [0, 0.1) is 24.2 Å². The minimum Gasteiger partial charge on any atom is -0.379 e. The Labute approximate surface area is 146 Å². The van der Waals surface area contributed by atoms with Gasteiger partial charge in [-0.25, -0.2) is 0 Å². The third-order valence-corrected chi connectivity index (χ3v) is 4.99. The third-order valence-electron chi connectivity index (χ3n) is 4.99. The smallest absolute Gasteiger partial charge is 0.266 e. The highest BCUT2D eigenvalue weighted by Crippen LogP contribution is 2.27. The van der Waals surface area contributed by atoms with Crippen molar-refractivity contribution in [2.45, 2.75) is 44.8 Å². The van der Waals surface area contributed by atoms with Crippen LogP contribution in [0.4, 0.5) is 0 Å². The average molecular weight is 345 g/mol. The van der Waals surface area contributed by atoms with Crippen LogP contribution in [0.15, 0.2) is 10.9 Å². The van der Waals surface area contributed by atoms with Gasteiger partial charge in [0.2, 0.25) is 0 Å². The molecule has 2 heterocycles. The van der Waals surface area contributed by atoms with Crippen LogP contribution in [-0.2, 0) is 9.47 Å². The predicted octanol–water partition coefficient (Wildman–Crippen LogP) is 1.26. The Morgan fingerprint density at radius 3 is 2.96 bits per heavy atom. The zero-order chi connectivity index (χ0) is 17.8. The van der Waals surface area contributed by atoms with E-state index in [9.17, 15) is 9.59 Å². The van der Waals surface area contributed by atoms with Crippen LogP contribution in [0.2, 0.25) is 0 Å². The second-order valence-corrected chi connectivity index (χ2v) is 6.77. The number of aromatic nitrogens is 1. The Balaban J connectivity index is 1.67. The number of nitrogens with one attached hydrogen (secondary N) is 2. The van der Waals surface area contributed by atoms with Gasteiger partial charge in [-0.2, -0.15) is 5.26 Å². The van der Waals surface area contributed by atoms with Crippen molar-refractivity contribution >= 4 is 5.91 Å². The highest BCUT2D eigenvalue weighted by atomic mass is 16.5. The maximum absolute atomic E-state index is 12.6. The Hall–Kier alpha value is -2.17. The minimum atomic E-state index is -0.482. The molecular weight excluding hydrogens is 322 g/mol. The van der Waals surface area contributed by atoms with Gasteiger partial charge in [0.05, 0.1) is 18.2 Å². The van der Waals surface area contributed by atoms with E-state index in [4.69, 9.17) is 14.7 Å². The van der Waals surface area contributed by atoms with E-state index in [1.165, 1.54) is 25.3 Å². The summed E-state index contributed by atoms with van der Waals surface area (Å²) in [6, 6.07) is 3.01. The lowest BCUT2D eigenvalue weighted by Crippen LogP contribution is -2.50. The fraction of sp³-hybridized carbons (Fsp3) is 0.611. The molecule has 2 fully saturated rings. The van der Waals surface area contributed by atoms with Gasteiger partial charge in [0.15, 0.2) is 0 Å². The van der Waals surface area contributed by atoms with Crippen LogP contribution in [0.25, 0.3) is 0 Å². The van der Waals surface area contributed by atoms with Gasteiger partial charge < -0.3 is 19.8 Å². The first kappa shape index (κ1) is 17.6. The molecule has 1 aliphatic carbocycles. The molecule has 1 aromatic rings. The molecule has 1 saturated heterocycles. The first-order valence-corrected chi connectivity index (χ1v) is 8.72. The summed E-state index contributed by atoms with van der Waals surface area (Å²) in [5, 5.41) is 12.0. The van der Waals surface area contributed by atoms with Crippen LogP contribution in [-0.4, -0.2) is 42.9 Å². The molecule has 3 rings (SSSR count). The Kier molecular flexibility index (Phi) is 5.51. The molecule has 1 saturated carbocycles. The van der Waals surface area contributed by atoms with Crippen LogP contribution >= 0.6 is 0 Å².